The lowest BCUT2D eigenvalue weighted by Crippen LogP contribution is -2.19. The van der Waals surface area contributed by atoms with E-state index in [1.165, 1.54) is 19.2 Å². The molecule has 0 saturated carbocycles. The SMILES string of the molecule is COC(=O)CNc1cc(Cl)ccc1C(N)=O. The number of methoxy groups -OCH3 is 1. The van der Waals surface area contributed by atoms with Crippen LogP contribution in [0.1, 0.15) is 10.4 Å². The first-order valence-electron chi connectivity index (χ1n) is 4.44. The third-order valence-electron chi connectivity index (χ3n) is 1.90. The Hall–Kier alpha value is -1.75. The molecular formula is C10H11ClN2O3. The van der Waals surface area contributed by atoms with Gasteiger partial charge in [0.2, 0.25) is 0 Å². The van der Waals surface area contributed by atoms with Crippen LogP contribution in [0, 0.1) is 0 Å². The average Bonchev–Trinajstić information content (AvgIpc) is 2.25. The Balaban J connectivity index is 2.88. The molecule has 0 aliphatic carbocycles. The zero-order valence-electron chi connectivity index (χ0n) is 8.62. The van der Waals surface area contributed by atoms with Crippen molar-refractivity contribution in [3.63, 3.8) is 0 Å². The first-order valence-corrected chi connectivity index (χ1v) is 4.82. The molecule has 1 aromatic rings. The van der Waals surface area contributed by atoms with Gasteiger partial charge in [-0.2, -0.15) is 0 Å². The second-order valence-corrected chi connectivity index (χ2v) is 3.42. The summed E-state index contributed by atoms with van der Waals surface area (Å²) in [6.07, 6.45) is 0. The average molecular weight is 243 g/mol. The van der Waals surface area contributed by atoms with Gasteiger partial charge in [0.05, 0.1) is 12.7 Å². The summed E-state index contributed by atoms with van der Waals surface area (Å²) < 4.78 is 4.45. The molecule has 1 amide bonds. The van der Waals surface area contributed by atoms with Crippen LogP contribution in [0.3, 0.4) is 0 Å². The van der Waals surface area contributed by atoms with Crippen molar-refractivity contribution < 1.29 is 14.3 Å². The van der Waals surface area contributed by atoms with E-state index in [0.717, 1.165) is 0 Å². The molecule has 86 valence electrons. The monoisotopic (exact) mass is 242 g/mol. The zero-order valence-corrected chi connectivity index (χ0v) is 9.38. The van der Waals surface area contributed by atoms with Crippen molar-refractivity contribution in [1.29, 1.82) is 0 Å². The number of halogens is 1. The summed E-state index contributed by atoms with van der Waals surface area (Å²) in [5.41, 5.74) is 5.84. The molecule has 16 heavy (non-hydrogen) atoms. The smallest absolute Gasteiger partial charge is 0.325 e. The molecule has 0 radical (unpaired) electrons. The highest BCUT2D eigenvalue weighted by Crippen LogP contribution is 2.20. The first-order chi connectivity index (χ1) is 7.54. The second-order valence-electron chi connectivity index (χ2n) is 2.98. The molecule has 0 unspecified atom stereocenters. The number of nitrogens with two attached hydrogens (primary N) is 1. The van der Waals surface area contributed by atoms with Crippen LogP contribution in [-0.2, 0) is 9.53 Å². The minimum absolute atomic E-state index is 0.0584. The van der Waals surface area contributed by atoms with Crippen molar-refractivity contribution >= 4 is 29.2 Å². The molecule has 0 atom stereocenters. The highest BCUT2D eigenvalue weighted by atomic mass is 35.5. The number of rotatable bonds is 4. The van der Waals surface area contributed by atoms with E-state index in [4.69, 9.17) is 17.3 Å². The van der Waals surface area contributed by atoms with Gasteiger partial charge in [0.1, 0.15) is 6.54 Å². The Bertz CT molecular complexity index is 421. The maximum Gasteiger partial charge on any atom is 0.325 e. The normalized spacial score (nSPS) is 9.62. The Morgan fingerprint density at radius 3 is 2.75 bits per heavy atom. The van der Waals surface area contributed by atoms with Crippen LogP contribution in [0.15, 0.2) is 18.2 Å². The van der Waals surface area contributed by atoms with Crippen LogP contribution in [0.2, 0.25) is 5.02 Å². The van der Waals surface area contributed by atoms with Crippen LogP contribution >= 0.6 is 11.6 Å². The Kier molecular flexibility index (Phi) is 4.13. The quantitative estimate of drug-likeness (QED) is 0.773. The number of benzene rings is 1. The van der Waals surface area contributed by atoms with E-state index in [1.807, 2.05) is 0 Å². The number of ether oxygens (including phenoxy) is 1. The van der Waals surface area contributed by atoms with Crippen LogP contribution in [0.25, 0.3) is 0 Å². The van der Waals surface area contributed by atoms with Gasteiger partial charge in [0.15, 0.2) is 0 Å². The van der Waals surface area contributed by atoms with Crippen molar-refractivity contribution in [2.75, 3.05) is 19.0 Å². The van der Waals surface area contributed by atoms with Crippen molar-refractivity contribution in [2.24, 2.45) is 5.73 Å². The number of carbonyl (C=O) groups excluding carboxylic acids is 2. The standard InChI is InChI=1S/C10H11ClN2O3/c1-16-9(14)5-13-8-4-6(11)2-3-7(8)10(12)15/h2-4,13H,5H2,1H3,(H2,12,15). The molecule has 1 aromatic carbocycles. The predicted octanol–water partition coefficient (Wildman–Crippen LogP) is 1.02. The van der Waals surface area contributed by atoms with E-state index in [2.05, 4.69) is 10.1 Å². The molecule has 5 nitrogen and oxygen atoms in total. The third-order valence-corrected chi connectivity index (χ3v) is 2.13. The molecule has 3 N–H and O–H groups in total. The topological polar surface area (TPSA) is 81.4 Å². The van der Waals surface area contributed by atoms with Crippen molar-refractivity contribution in [3.05, 3.63) is 28.8 Å². The number of esters is 1. The van der Waals surface area contributed by atoms with Gasteiger partial charge in [-0.25, -0.2) is 0 Å². The maximum atomic E-state index is 11.1. The van der Waals surface area contributed by atoms with Gasteiger partial charge in [-0.3, -0.25) is 9.59 Å². The zero-order chi connectivity index (χ0) is 12.1. The number of nitrogens with one attached hydrogen (secondary N) is 1. The van der Waals surface area contributed by atoms with Gasteiger partial charge < -0.3 is 15.8 Å². The molecule has 0 bridgehead atoms. The van der Waals surface area contributed by atoms with E-state index in [1.54, 1.807) is 6.07 Å². The number of hydrogen-bond acceptors (Lipinski definition) is 4. The summed E-state index contributed by atoms with van der Waals surface area (Å²) in [6.45, 7) is -0.0584. The highest BCUT2D eigenvalue weighted by molar-refractivity contribution is 6.31. The molecular weight excluding hydrogens is 232 g/mol. The van der Waals surface area contributed by atoms with E-state index in [9.17, 15) is 9.59 Å². The second kappa shape index (κ2) is 5.37. The van der Waals surface area contributed by atoms with Crippen LogP contribution in [0.5, 0.6) is 0 Å². The molecule has 0 aliphatic heterocycles. The molecule has 0 fully saturated rings. The van der Waals surface area contributed by atoms with Gasteiger partial charge in [0, 0.05) is 10.7 Å². The maximum absolute atomic E-state index is 11.1. The summed E-state index contributed by atoms with van der Waals surface area (Å²) >= 11 is 5.76. The van der Waals surface area contributed by atoms with E-state index in [-0.39, 0.29) is 12.1 Å². The predicted molar refractivity (Wildman–Crippen MR) is 60.5 cm³/mol. The van der Waals surface area contributed by atoms with Crippen molar-refractivity contribution in [1.82, 2.24) is 0 Å². The number of amides is 1. The summed E-state index contributed by atoms with van der Waals surface area (Å²) in [5, 5.41) is 3.17. The molecule has 0 heterocycles. The minimum Gasteiger partial charge on any atom is -0.468 e. The molecule has 1 rings (SSSR count). The number of carbonyl (C=O) groups is 2. The van der Waals surface area contributed by atoms with Gasteiger partial charge in [0.25, 0.3) is 5.91 Å². The van der Waals surface area contributed by atoms with Crippen LogP contribution in [-0.4, -0.2) is 25.5 Å². The fourth-order valence-electron chi connectivity index (χ4n) is 1.12. The Morgan fingerprint density at radius 1 is 1.50 bits per heavy atom. The number of primary amides is 1. The lowest BCUT2D eigenvalue weighted by Gasteiger charge is -2.09. The van der Waals surface area contributed by atoms with Crippen LogP contribution < -0.4 is 11.1 Å². The molecule has 0 aliphatic rings. The first kappa shape index (κ1) is 12.3. The summed E-state index contributed by atoms with van der Waals surface area (Å²) in [5.74, 6) is -1.04. The fraction of sp³-hybridized carbons (Fsp3) is 0.200. The summed E-state index contributed by atoms with van der Waals surface area (Å²) in [4.78, 5) is 22.0. The summed E-state index contributed by atoms with van der Waals surface area (Å²) in [6, 6.07) is 4.56. The summed E-state index contributed by atoms with van der Waals surface area (Å²) in [7, 11) is 1.27. The van der Waals surface area contributed by atoms with Gasteiger partial charge in [-0.15, -0.1) is 0 Å². The number of anilines is 1. The number of hydrogen-bond donors (Lipinski definition) is 2. The van der Waals surface area contributed by atoms with Crippen LogP contribution in [0.4, 0.5) is 5.69 Å². The van der Waals surface area contributed by atoms with Gasteiger partial charge >= 0.3 is 5.97 Å². The van der Waals surface area contributed by atoms with E-state index < -0.39 is 11.9 Å². The van der Waals surface area contributed by atoms with Gasteiger partial charge in [-0.05, 0) is 18.2 Å². The molecule has 0 saturated heterocycles. The lowest BCUT2D eigenvalue weighted by atomic mass is 10.1. The molecule has 6 heteroatoms. The van der Waals surface area contributed by atoms with Gasteiger partial charge in [-0.1, -0.05) is 11.6 Å². The van der Waals surface area contributed by atoms with E-state index in [0.29, 0.717) is 10.7 Å². The Morgan fingerprint density at radius 2 is 2.19 bits per heavy atom. The third kappa shape index (κ3) is 3.13. The minimum atomic E-state index is -0.593. The largest absolute Gasteiger partial charge is 0.468 e. The van der Waals surface area contributed by atoms with Crippen molar-refractivity contribution in [3.8, 4) is 0 Å². The fourth-order valence-corrected chi connectivity index (χ4v) is 1.29. The van der Waals surface area contributed by atoms with E-state index >= 15 is 0 Å². The molecule has 0 spiro atoms. The van der Waals surface area contributed by atoms with Crippen molar-refractivity contribution in [2.45, 2.75) is 0 Å². The Labute approximate surface area is 97.5 Å². The molecule has 0 aromatic heterocycles. The lowest BCUT2D eigenvalue weighted by molar-refractivity contribution is -0.138. The highest BCUT2D eigenvalue weighted by Gasteiger charge is 2.09.